The molecule has 2 heterocycles. The third kappa shape index (κ3) is 5.44. The van der Waals surface area contributed by atoms with E-state index in [0.717, 1.165) is 21.6 Å². The number of hydrogen-bond donors (Lipinski definition) is 1. The number of nitrogens with zero attached hydrogens (tertiary/aromatic N) is 3. The lowest BCUT2D eigenvalue weighted by molar-refractivity contribution is -0.113. The van der Waals surface area contributed by atoms with E-state index in [4.69, 9.17) is 27.9 Å². The fraction of sp³-hybridized carbons (Fsp3) is 0.200. The van der Waals surface area contributed by atoms with Gasteiger partial charge in [0, 0.05) is 22.5 Å². The predicted molar refractivity (Wildman–Crippen MR) is 146 cm³/mol. The van der Waals surface area contributed by atoms with E-state index >= 15 is 0 Å². The predicted octanol–water partition coefficient (Wildman–Crippen LogP) is 6.83. The minimum Gasteiger partial charge on any atom is -0.465 e. The summed E-state index contributed by atoms with van der Waals surface area (Å²) in [6.07, 6.45) is 0. The van der Waals surface area contributed by atoms with Gasteiger partial charge in [0.2, 0.25) is 5.91 Å². The van der Waals surface area contributed by atoms with Crippen molar-refractivity contribution < 1.29 is 14.3 Å². The summed E-state index contributed by atoms with van der Waals surface area (Å²) in [4.78, 5) is 26.5. The fourth-order valence-electron chi connectivity index (χ4n) is 3.70. The molecular weight excluding hydrogens is 539 g/mol. The van der Waals surface area contributed by atoms with Gasteiger partial charge in [0.1, 0.15) is 10.6 Å². The molecule has 36 heavy (non-hydrogen) atoms. The lowest BCUT2D eigenvalue weighted by Crippen LogP contribution is -2.16. The number of thioether (sulfide) groups is 1. The smallest absolute Gasteiger partial charge is 0.341 e. The van der Waals surface area contributed by atoms with Gasteiger partial charge < -0.3 is 14.6 Å². The van der Waals surface area contributed by atoms with Crippen molar-refractivity contribution in [2.75, 3.05) is 18.2 Å². The number of rotatable bonds is 8. The molecule has 2 aromatic carbocycles. The van der Waals surface area contributed by atoms with Gasteiger partial charge in [0.05, 0.1) is 22.9 Å². The summed E-state index contributed by atoms with van der Waals surface area (Å²) < 4.78 is 6.93. The van der Waals surface area contributed by atoms with Crippen molar-refractivity contribution in [3.8, 4) is 22.5 Å². The van der Waals surface area contributed by atoms with Crippen molar-refractivity contribution >= 4 is 63.2 Å². The Bertz CT molecular complexity index is 1420. The summed E-state index contributed by atoms with van der Waals surface area (Å²) in [5, 5.41) is 13.4. The zero-order valence-electron chi connectivity index (χ0n) is 19.7. The molecule has 0 fully saturated rings. The van der Waals surface area contributed by atoms with E-state index < -0.39 is 5.97 Å². The number of benzene rings is 2. The van der Waals surface area contributed by atoms with Crippen molar-refractivity contribution in [3.63, 3.8) is 0 Å². The highest BCUT2D eigenvalue weighted by molar-refractivity contribution is 7.99. The van der Waals surface area contributed by atoms with Crippen LogP contribution in [0.3, 0.4) is 0 Å². The van der Waals surface area contributed by atoms with Gasteiger partial charge in [-0.3, -0.25) is 4.79 Å². The van der Waals surface area contributed by atoms with Crippen molar-refractivity contribution in [1.82, 2.24) is 14.8 Å². The summed E-state index contributed by atoms with van der Waals surface area (Å²) in [6.45, 7) is 4.48. The van der Waals surface area contributed by atoms with Crippen LogP contribution in [0.25, 0.3) is 22.5 Å². The van der Waals surface area contributed by atoms with Crippen molar-refractivity contribution in [2.45, 2.75) is 25.5 Å². The quantitative estimate of drug-likeness (QED) is 0.188. The Hall–Kier alpha value is -2.85. The molecule has 0 atom stereocenters. The average molecular weight is 562 g/mol. The van der Waals surface area contributed by atoms with Crippen LogP contribution in [0.4, 0.5) is 5.00 Å². The van der Waals surface area contributed by atoms with Gasteiger partial charge in [-0.25, -0.2) is 4.79 Å². The molecule has 186 valence electrons. The van der Waals surface area contributed by atoms with Crippen molar-refractivity contribution in [3.05, 3.63) is 69.0 Å². The Balaban J connectivity index is 1.54. The van der Waals surface area contributed by atoms with Crippen LogP contribution in [0.5, 0.6) is 0 Å². The topological polar surface area (TPSA) is 86.1 Å². The van der Waals surface area contributed by atoms with E-state index in [-0.39, 0.29) is 11.7 Å². The minimum atomic E-state index is -0.502. The monoisotopic (exact) mass is 560 g/mol. The lowest BCUT2D eigenvalue weighted by atomic mass is 10.0. The highest BCUT2D eigenvalue weighted by Gasteiger charge is 2.25. The number of nitrogens with one attached hydrogen (secondary N) is 1. The molecule has 0 aliphatic rings. The van der Waals surface area contributed by atoms with Gasteiger partial charge in [-0.15, -0.1) is 21.5 Å². The maximum Gasteiger partial charge on any atom is 0.341 e. The van der Waals surface area contributed by atoms with Crippen molar-refractivity contribution in [1.29, 1.82) is 0 Å². The molecule has 0 bridgehead atoms. The second kappa shape index (κ2) is 11.5. The van der Waals surface area contributed by atoms with Gasteiger partial charge >= 0.3 is 5.97 Å². The molecule has 1 N–H and O–H groups in total. The molecule has 11 heteroatoms. The number of carbonyl (C=O) groups excluding carboxylic acids is 2. The zero-order chi connectivity index (χ0) is 25.8. The molecule has 4 rings (SSSR count). The van der Waals surface area contributed by atoms with Gasteiger partial charge in [-0.2, -0.15) is 0 Å². The van der Waals surface area contributed by atoms with Crippen LogP contribution in [0.15, 0.2) is 53.7 Å². The molecule has 0 aliphatic carbocycles. The van der Waals surface area contributed by atoms with E-state index in [1.807, 2.05) is 54.8 Å². The van der Waals surface area contributed by atoms with Crippen LogP contribution in [-0.2, 0) is 16.1 Å². The minimum absolute atomic E-state index is 0.0811. The number of ether oxygens (including phenoxy) is 1. The number of halogens is 2. The first-order valence-electron chi connectivity index (χ1n) is 10.9. The number of methoxy groups -OCH3 is 1. The van der Waals surface area contributed by atoms with Crippen LogP contribution < -0.4 is 5.32 Å². The van der Waals surface area contributed by atoms with Gasteiger partial charge in [-0.1, -0.05) is 65.3 Å². The first-order valence-corrected chi connectivity index (χ1v) is 13.5. The molecule has 0 unspecified atom stereocenters. The fourth-order valence-corrected chi connectivity index (χ4v) is 5.88. The summed E-state index contributed by atoms with van der Waals surface area (Å²) >= 11 is 14.8. The largest absolute Gasteiger partial charge is 0.465 e. The molecule has 2 aromatic heterocycles. The summed E-state index contributed by atoms with van der Waals surface area (Å²) in [7, 11) is 1.33. The number of amides is 1. The Morgan fingerprint density at radius 3 is 2.50 bits per heavy atom. The summed E-state index contributed by atoms with van der Waals surface area (Å²) in [5.41, 5.74) is 2.77. The highest BCUT2D eigenvalue weighted by atomic mass is 35.5. The molecular formula is C25H22Cl2N4O3S2. The molecule has 0 radical (unpaired) electrons. The third-order valence-corrected chi connectivity index (χ3v) is 8.06. The van der Waals surface area contributed by atoms with Crippen LogP contribution in [0.2, 0.25) is 10.0 Å². The maximum atomic E-state index is 12.9. The summed E-state index contributed by atoms with van der Waals surface area (Å²) in [5.74, 6) is -0.0585. The van der Waals surface area contributed by atoms with Crippen molar-refractivity contribution in [2.24, 2.45) is 0 Å². The number of esters is 1. The zero-order valence-corrected chi connectivity index (χ0v) is 22.8. The van der Waals surface area contributed by atoms with E-state index in [9.17, 15) is 9.59 Å². The van der Waals surface area contributed by atoms with E-state index in [1.54, 1.807) is 12.1 Å². The number of aromatic nitrogens is 3. The Morgan fingerprint density at radius 2 is 1.83 bits per heavy atom. The molecule has 7 nitrogen and oxygen atoms in total. The first-order chi connectivity index (χ1) is 17.3. The molecule has 0 spiro atoms. The SMILES string of the molecule is CCn1c(SCC(=O)Nc2sc(C)c(-c3ccccc3)c2C(=O)OC)nnc1-c1ccc(Cl)c(Cl)c1. The Morgan fingerprint density at radius 1 is 1.08 bits per heavy atom. The highest BCUT2D eigenvalue weighted by Crippen LogP contribution is 2.40. The van der Waals surface area contributed by atoms with E-state index in [0.29, 0.717) is 38.1 Å². The van der Waals surface area contributed by atoms with E-state index in [1.165, 1.54) is 30.2 Å². The second-order valence-electron chi connectivity index (χ2n) is 7.61. The van der Waals surface area contributed by atoms with Crippen LogP contribution in [0, 0.1) is 6.92 Å². The van der Waals surface area contributed by atoms with Crippen LogP contribution in [0.1, 0.15) is 22.2 Å². The maximum absolute atomic E-state index is 12.9. The number of hydrogen-bond acceptors (Lipinski definition) is 7. The molecule has 1 amide bonds. The number of anilines is 1. The number of aryl methyl sites for hydroxylation is 1. The van der Waals surface area contributed by atoms with Gasteiger partial charge in [0.15, 0.2) is 11.0 Å². The molecule has 4 aromatic rings. The second-order valence-corrected chi connectivity index (χ2v) is 10.6. The Kier molecular flexibility index (Phi) is 8.35. The van der Waals surface area contributed by atoms with E-state index in [2.05, 4.69) is 15.5 Å². The average Bonchev–Trinajstić information content (AvgIpc) is 3.44. The molecule has 0 aliphatic heterocycles. The third-order valence-electron chi connectivity index (χ3n) is 5.33. The standard InChI is InChI=1S/C25H22Cl2N4O3S2/c1-4-31-22(16-10-11-17(26)18(27)12-16)29-30-25(31)35-13-19(32)28-23-21(24(33)34-3)20(14(2)36-23)15-8-6-5-7-9-15/h5-12H,4,13H2,1-3H3,(H,28,32). The first kappa shape index (κ1) is 26.2. The summed E-state index contributed by atoms with van der Waals surface area (Å²) in [6, 6.07) is 14.8. The normalized spacial score (nSPS) is 10.9. The van der Waals surface area contributed by atoms with Crippen LogP contribution in [-0.4, -0.2) is 39.5 Å². The lowest BCUT2D eigenvalue weighted by Gasteiger charge is -2.09. The molecule has 0 saturated carbocycles. The van der Waals surface area contributed by atoms with Gasteiger partial charge in [0.25, 0.3) is 0 Å². The number of carbonyl (C=O) groups is 2. The molecule has 0 saturated heterocycles. The number of thiophene rings is 1. The van der Waals surface area contributed by atoms with Gasteiger partial charge in [-0.05, 0) is 37.6 Å². The van der Waals surface area contributed by atoms with Crippen LogP contribution >= 0.6 is 46.3 Å². The Labute approximate surface area is 226 Å².